The number of nitrogens with one attached hydrogen (secondary N) is 1. The second kappa shape index (κ2) is 6.12. The lowest BCUT2D eigenvalue weighted by Crippen LogP contribution is -2.27. The Hall–Kier alpha value is -2.77. The number of hydrogen-bond acceptors (Lipinski definition) is 4. The van der Waals surface area contributed by atoms with E-state index in [9.17, 15) is 14.0 Å². The van der Waals surface area contributed by atoms with Crippen LogP contribution in [0.4, 0.5) is 4.39 Å². The zero-order valence-electron chi connectivity index (χ0n) is 11.2. The first-order chi connectivity index (χ1) is 9.97. The number of benzene rings is 1. The number of hydrogen-bond donors (Lipinski definition) is 2. The van der Waals surface area contributed by atoms with Gasteiger partial charge in [-0.1, -0.05) is 11.3 Å². The monoisotopic (exact) mass is 292 g/mol. The van der Waals surface area contributed by atoms with Gasteiger partial charge in [0, 0.05) is 12.1 Å². The highest BCUT2D eigenvalue weighted by atomic mass is 19.1. The average molecular weight is 292 g/mol. The molecule has 0 aliphatic carbocycles. The lowest BCUT2D eigenvalue weighted by molar-refractivity contribution is 0.0690. The summed E-state index contributed by atoms with van der Waals surface area (Å²) in [6, 6.07) is 4.23. The molecule has 21 heavy (non-hydrogen) atoms. The van der Waals surface area contributed by atoms with Crippen LogP contribution in [0.2, 0.25) is 0 Å². The number of carboxylic acids is 1. The molecular weight excluding hydrogens is 279 g/mol. The normalized spacial score (nSPS) is 10.4. The van der Waals surface area contributed by atoms with Crippen LogP contribution in [-0.2, 0) is 6.54 Å². The van der Waals surface area contributed by atoms with Crippen molar-refractivity contribution in [2.45, 2.75) is 13.5 Å². The van der Waals surface area contributed by atoms with Gasteiger partial charge < -0.3 is 10.4 Å². The Labute approximate surface area is 119 Å². The Morgan fingerprint density at radius 2 is 2.19 bits per heavy atom. The van der Waals surface area contributed by atoms with Crippen LogP contribution in [0.3, 0.4) is 0 Å². The number of carbonyl (C=O) groups is 2. The summed E-state index contributed by atoms with van der Waals surface area (Å²) in [7, 11) is 0. The zero-order valence-corrected chi connectivity index (χ0v) is 11.2. The van der Waals surface area contributed by atoms with E-state index in [1.165, 1.54) is 29.1 Å². The summed E-state index contributed by atoms with van der Waals surface area (Å²) < 4.78 is 14.7. The van der Waals surface area contributed by atoms with Gasteiger partial charge in [-0.15, -0.1) is 5.10 Å². The number of aryl methyl sites for hydroxylation is 1. The van der Waals surface area contributed by atoms with Crippen molar-refractivity contribution in [3.63, 3.8) is 0 Å². The molecule has 1 aromatic carbocycles. The van der Waals surface area contributed by atoms with Gasteiger partial charge in [-0.3, -0.25) is 4.79 Å². The number of carboxylic acid groups (broad SMARTS) is 1. The fourth-order valence-corrected chi connectivity index (χ4v) is 1.63. The van der Waals surface area contributed by atoms with E-state index in [0.29, 0.717) is 5.56 Å². The third kappa shape index (κ3) is 3.62. The molecule has 0 saturated heterocycles. The molecule has 0 aliphatic heterocycles. The number of aromatic nitrogens is 3. The Balaban J connectivity index is 1.88. The largest absolute Gasteiger partial charge is 0.476 e. The predicted octanol–water partition coefficient (Wildman–Crippen LogP) is 0.854. The van der Waals surface area contributed by atoms with E-state index in [-0.39, 0.29) is 24.3 Å². The van der Waals surface area contributed by atoms with Crippen LogP contribution < -0.4 is 5.32 Å². The van der Waals surface area contributed by atoms with Crippen molar-refractivity contribution >= 4 is 11.9 Å². The van der Waals surface area contributed by atoms with Crippen LogP contribution in [-0.4, -0.2) is 38.5 Å². The van der Waals surface area contributed by atoms with Gasteiger partial charge in [-0.25, -0.2) is 13.9 Å². The Bertz CT molecular complexity index is 684. The maximum absolute atomic E-state index is 13.3. The summed E-state index contributed by atoms with van der Waals surface area (Å²) in [5, 5.41) is 18.3. The van der Waals surface area contributed by atoms with Gasteiger partial charge in [0.25, 0.3) is 5.91 Å². The maximum Gasteiger partial charge on any atom is 0.358 e. The first-order valence-electron chi connectivity index (χ1n) is 6.15. The fourth-order valence-electron chi connectivity index (χ4n) is 1.63. The molecule has 0 spiro atoms. The maximum atomic E-state index is 13.3. The smallest absolute Gasteiger partial charge is 0.358 e. The third-order valence-corrected chi connectivity index (χ3v) is 2.82. The minimum absolute atomic E-state index is 0.165. The summed E-state index contributed by atoms with van der Waals surface area (Å²) in [6.07, 6.45) is 1.26. The van der Waals surface area contributed by atoms with Crippen LogP contribution in [0.25, 0.3) is 0 Å². The molecule has 1 amide bonds. The molecule has 1 aromatic heterocycles. The zero-order chi connectivity index (χ0) is 15.4. The van der Waals surface area contributed by atoms with E-state index in [4.69, 9.17) is 5.11 Å². The topological polar surface area (TPSA) is 97.1 Å². The molecule has 0 atom stereocenters. The van der Waals surface area contributed by atoms with Crippen molar-refractivity contribution in [3.8, 4) is 0 Å². The molecule has 2 N–H and O–H groups in total. The Kier molecular flexibility index (Phi) is 4.27. The number of carbonyl (C=O) groups excluding carboxylic acids is 1. The molecular formula is C13H13FN4O3. The molecule has 0 radical (unpaired) electrons. The molecule has 7 nitrogen and oxygen atoms in total. The van der Waals surface area contributed by atoms with E-state index in [0.717, 1.165) is 0 Å². The molecule has 0 saturated carbocycles. The molecule has 110 valence electrons. The minimum Gasteiger partial charge on any atom is -0.476 e. The minimum atomic E-state index is -1.17. The summed E-state index contributed by atoms with van der Waals surface area (Å²) >= 11 is 0. The quantitative estimate of drug-likeness (QED) is 0.851. The van der Waals surface area contributed by atoms with Crippen LogP contribution in [0.5, 0.6) is 0 Å². The second-order valence-corrected chi connectivity index (χ2v) is 4.39. The van der Waals surface area contributed by atoms with Crippen molar-refractivity contribution < 1.29 is 19.1 Å². The lowest BCUT2D eigenvalue weighted by atomic mass is 10.1. The Morgan fingerprint density at radius 3 is 2.81 bits per heavy atom. The van der Waals surface area contributed by atoms with Crippen LogP contribution >= 0.6 is 0 Å². The molecule has 8 heteroatoms. The molecule has 0 fully saturated rings. The van der Waals surface area contributed by atoms with Crippen LogP contribution in [0, 0.1) is 12.7 Å². The van der Waals surface area contributed by atoms with Crippen LogP contribution in [0.1, 0.15) is 26.4 Å². The van der Waals surface area contributed by atoms with Crippen molar-refractivity contribution in [1.29, 1.82) is 0 Å². The van der Waals surface area contributed by atoms with Crippen molar-refractivity contribution in [1.82, 2.24) is 20.3 Å². The van der Waals surface area contributed by atoms with Gasteiger partial charge in [0.15, 0.2) is 5.69 Å². The number of rotatable bonds is 5. The van der Waals surface area contributed by atoms with Crippen molar-refractivity contribution in [2.75, 3.05) is 6.54 Å². The van der Waals surface area contributed by atoms with E-state index >= 15 is 0 Å². The molecule has 2 aromatic rings. The summed E-state index contributed by atoms with van der Waals surface area (Å²) in [4.78, 5) is 22.4. The van der Waals surface area contributed by atoms with E-state index in [1.54, 1.807) is 6.92 Å². The van der Waals surface area contributed by atoms with E-state index in [1.807, 2.05) is 0 Å². The highest BCUT2D eigenvalue weighted by Gasteiger charge is 2.09. The summed E-state index contributed by atoms with van der Waals surface area (Å²) in [6.45, 7) is 2.10. The van der Waals surface area contributed by atoms with Gasteiger partial charge in [0.1, 0.15) is 5.82 Å². The standard InChI is InChI=1S/C13H13FN4O3/c1-8-2-3-9(6-10(8)14)12(19)15-4-5-18-7-11(13(20)21)16-17-18/h2-3,6-7H,4-5H2,1H3,(H,15,19)(H,20,21). The predicted molar refractivity (Wildman–Crippen MR) is 70.5 cm³/mol. The highest BCUT2D eigenvalue weighted by molar-refractivity contribution is 5.94. The van der Waals surface area contributed by atoms with Gasteiger partial charge in [-0.2, -0.15) is 0 Å². The van der Waals surface area contributed by atoms with Crippen LogP contribution in [0.15, 0.2) is 24.4 Å². The summed E-state index contributed by atoms with van der Waals surface area (Å²) in [5.41, 5.74) is 0.528. The van der Waals surface area contributed by atoms with Crippen molar-refractivity contribution in [3.05, 3.63) is 47.0 Å². The van der Waals surface area contributed by atoms with Crippen molar-refractivity contribution in [2.24, 2.45) is 0 Å². The molecule has 1 heterocycles. The van der Waals surface area contributed by atoms with Gasteiger partial charge in [0.2, 0.25) is 0 Å². The SMILES string of the molecule is Cc1ccc(C(=O)NCCn2cc(C(=O)O)nn2)cc1F. The Morgan fingerprint density at radius 1 is 1.43 bits per heavy atom. The van der Waals surface area contributed by atoms with Gasteiger partial charge in [-0.05, 0) is 24.6 Å². The molecule has 0 bridgehead atoms. The lowest BCUT2D eigenvalue weighted by Gasteiger charge is -2.06. The van der Waals surface area contributed by atoms with Gasteiger partial charge >= 0.3 is 5.97 Å². The fraction of sp³-hybridized carbons (Fsp3) is 0.231. The van der Waals surface area contributed by atoms with Gasteiger partial charge in [0.05, 0.1) is 12.7 Å². The third-order valence-electron chi connectivity index (χ3n) is 2.82. The first kappa shape index (κ1) is 14.6. The number of nitrogens with zero attached hydrogens (tertiary/aromatic N) is 3. The number of aromatic carboxylic acids is 1. The molecule has 0 aliphatic rings. The second-order valence-electron chi connectivity index (χ2n) is 4.39. The van der Waals surface area contributed by atoms with E-state index in [2.05, 4.69) is 15.6 Å². The average Bonchev–Trinajstić information content (AvgIpc) is 2.91. The first-order valence-corrected chi connectivity index (χ1v) is 6.15. The number of halogens is 1. The van der Waals surface area contributed by atoms with E-state index < -0.39 is 17.7 Å². The highest BCUT2D eigenvalue weighted by Crippen LogP contribution is 2.08. The summed E-state index contributed by atoms with van der Waals surface area (Å²) in [5.74, 6) is -2.02. The molecule has 2 rings (SSSR count). The number of amides is 1. The molecule has 0 unspecified atom stereocenters.